The van der Waals surface area contributed by atoms with E-state index in [1.165, 1.54) is 53.4 Å². The molecule has 1 saturated heterocycles. The molecule has 2 nitrogen and oxygen atoms in total. The van der Waals surface area contributed by atoms with E-state index in [1.54, 1.807) is 0 Å². The van der Waals surface area contributed by atoms with Crippen molar-refractivity contribution in [2.24, 2.45) is 0 Å². The fourth-order valence-electron chi connectivity index (χ4n) is 3.77. The third-order valence-electron chi connectivity index (χ3n) is 5.30. The third kappa shape index (κ3) is 3.20. The van der Waals surface area contributed by atoms with Gasteiger partial charge in [-0.2, -0.15) is 0 Å². The van der Waals surface area contributed by atoms with Crippen LogP contribution in [0.1, 0.15) is 25.3 Å². The maximum absolute atomic E-state index is 4.10. The number of benzene rings is 2. The summed E-state index contributed by atoms with van der Waals surface area (Å²) in [5, 5.41) is 2.64. The van der Waals surface area contributed by atoms with Crippen molar-refractivity contribution in [1.29, 1.82) is 0 Å². The predicted octanol–water partition coefficient (Wildman–Crippen LogP) is 4.93. The number of pyridine rings is 1. The molecule has 3 aromatic rings. The minimum absolute atomic E-state index is 0.758. The van der Waals surface area contributed by atoms with E-state index in [0.717, 1.165) is 12.5 Å². The van der Waals surface area contributed by atoms with Crippen molar-refractivity contribution in [3.05, 3.63) is 66.5 Å². The molecule has 0 unspecified atom stereocenters. The normalized spacial score (nSPS) is 18.3. The molecule has 2 heteroatoms. The van der Waals surface area contributed by atoms with Crippen molar-refractivity contribution in [2.45, 2.75) is 32.2 Å². The lowest BCUT2D eigenvalue weighted by Gasteiger charge is -2.20. The van der Waals surface area contributed by atoms with E-state index in [1.807, 2.05) is 12.4 Å². The van der Waals surface area contributed by atoms with E-state index in [4.69, 9.17) is 0 Å². The molecule has 0 amide bonds. The van der Waals surface area contributed by atoms with Gasteiger partial charge >= 0.3 is 0 Å². The van der Waals surface area contributed by atoms with Gasteiger partial charge in [0.25, 0.3) is 0 Å². The van der Waals surface area contributed by atoms with Gasteiger partial charge in [-0.15, -0.1) is 0 Å². The van der Waals surface area contributed by atoms with Gasteiger partial charge in [-0.25, -0.2) is 0 Å². The Hall–Kier alpha value is -2.19. The van der Waals surface area contributed by atoms with E-state index in [0.29, 0.717) is 0 Å². The molecule has 1 aliphatic heterocycles. The van der Waals surface area contributed by atoms with E-state index in [9.17, 15) is 0 Å². The second-order valence-electron chi connectivity index (χ2n) is 6.91. The number of rotatable bonds is 4. The van der Waals surface area contributed by atoms with Crippen LogP contribution in [0, 0.1) is 0 Å². The van der Waals surface area contributed by atoms with Crippen LogP contribution in [-0.4, -0.2) is 29.0 Å². The van der Waals surface area contributed by atoms with Crippen LogP contribution in [0.3, 0.4) is 0 Å². The van der Waals surface area contributed by atoms with Gasteiger partial charge in [0.15, 0.2) is 0 Å². The molecule has 2 heterocycles. The molecule has 0 spiro atoms. The summed E-state index contributed by atoms with van der Waals surface area (Å²) in [5.74, 6) is 0. The fraction of sp³-hybridized carbons (Fsp3) is 0.318. The van der Waals surface area contributed by atoms with Crippen LogP contribution in [0.2, 0.25) is 0 Å². The van der Waals surface area contributed by atoms with Crippen molar-refractivity contribution in [3.8, 4) is 11.1 Å². The summed E-state index contributed by atoms with van der Waals surface area (Å²) in [7, 11) is 0. The predicted molar refractivity (Wildman–Crippen MR) is 101 cm³/mol. The molecule has 122 valence electrons. The number of hydrogen-bond donors (Lipinski definition) is 0. The zero-order chi connectivity index (χ0) is 16.4. The van der Waals surface area contributed by atoms with E-state index >= 15 is 0 Å². The fourth-order valence-corrected chi connectivity index (χ4v) is 3.77. The molecule has 4 rings (SSSR count). The second kappa shape index (κ2) is 6.74. The second-order valence-corrected chi connectivity index (χ2v) is 6.91. The number of hydrogen-bond acceptors (Lipinski definition) is 2. The zero-order valence-electron chi connectivity index (χ0n) is 14.3. The molecule has 1 aliphatic rings. The Morgan fingerprint density at radius 3 is 2.54 bits per heavy atom. The average Bonchev–Trinajstić information content (AvgIpc) is 3.05. The highest BCUT2D eigenvalue weighted by Gasteiger charge is 2.19. The van der Waals surface area contributed by atoms with Crippen molar-refractivity contribution in [2.75, 3.05) is 13.1 Å². The smallest absolute Gasteiger partial charge is 0.0273 e. The van der Waals surface area contributed by atoms with Crippen molar-refractivity contribution < 1.29 is 0 Å². The lowest BCUT2D eigenvalue weighted by atomic mass is 10.00. The van der Waals surface area contributed by atoms with Gasteiger partial charge < -0.3 is 4.90 Å². The van der Waals surface area contributed by atoms with Gasteiger partial charge in [-0.1, -0.05) is 30.3 Å². The summed E-state index contributed by atoms with van der Waals surface area (Å²) in [6.45, 7) is 4.81. The Morgan fingerprint density at radius 1 is 0.958 bits per heavy atom. The van der Waals surface area contributed by atoms with Gasteiger partial charge in [0, 0.05) is 25.0 Å². The Morgan fingerprint density at radius 2 is 1.75 bits per heavy atom. The largest absolute Gasteiger partial charge is 0.300 e. The molecule has 1 fully saturated rings. The number of nitrogens with zero attached hydrogens (tertiary/aromatic N) is 2. The van der Waals surface area contributed by atoms with Crippen molar-refractivity contribution >= 4 is 10.8 Å². The van der Waals surface area contributed by atoms with Gasteiger partial charge in [-0.05, 0) is 78.4 Å². The van der Waals surface area contributed by atoms with Crippen LogP contribution in [0.4, 0.5) is 0 Å². The van der Waals surface area contributed by atoms with Crippen LogP contribution < -0.4 is 0 Å². The summed E-state index contributed by atoms with van der Waals surface area (Å²) in [5.41, 5.74) is 3.92. The lowest BCUT2D eigenvalue weighted by molar-refractivity contribution is 0.272. The molecule has 0 N–H and O–H groups in total. The standard InChI is InChI=1S/C22H24N2/c1-17-3-2-13-24(17)14-10-18-4-5-22-16-21(7-6-20(22)15-18)19-8-11-23-12-9-19/h4-9,11-12,15-17H,2-3,10,13-14H2,1H3/t17-/m0/s1. The first kappa shape index (κ1) is 15.3. The molecule has 0 bridgehead atoms. The van der Waals surface area contributed by atoms with Crippen LogP contribution >= 0.6 is 0 Å². The first-order valence-corrected chi connectivity index (χ1v) is 8.97. The van der Waals surface area contributed by atoms with E-state index < -0.39 is 0 Å². The number of fused-ring (bicyclic) bond motifs is 1. The minimum atomic E-state index is 0.758. The van der Waals surface area contributed by atoms with Crippen molar-refractivity contribution in [1.82, 2.24) is 9.88 Å². The Labute approximate surface area is 144 Å². The Kier molecular flexibility index (Phi) is 4.31. The molecular formula is C22H24N2. The van der Waals surface area contributed by atoms with Crippen molar-refractivity contribution in [3.63, 3.8) is 0 Å². The SMILES string of the molecule is C[C@H]1CCCN1CCc1ccc2cc(-c3ccncc3)ccc2c1. The highest BCUT2D eigenvalue weighted by molar-refractivity contribution is 5.87. The van der Waals surface area contributed by atoms with Crippen LogP contribution in [0.5, 0.6) is 0 Å². The van der Waals surface area contributed by atoms with E-state index in [-0.39, 0.29) is 0 Å². The minimum Gasteiger partial charge on any atom is -0.300 e. The average molecular weight is 316 g/mol. The van der Waals surface area contributed by atoms with Gasteiger partial charge in [-0.3, -0.25) is 4.98 Å². The van der Waals surface area contributed by atoms with Gasteiger partial charge in [0.05, 0.1) is 0 Å². The number of likely N-dealkylation sites (tertiary alicyclic amines) is 1. The highest BCUT2D eigenvalue weighted by atomic mass is 15.2. The van der Waals surface area contributed by atoms with E-state index in [2.05, 4.69) is 65.3 Å². The molecular weight excluding hydrogens is 292 g/mol. The number of aromatic nitrogens is 1. The zero-order valence-corrected chi connectivity index (χ0v) is 14.3. The maximum Gasteiger partial charge on any atom is 0.0273 e. The first-order chi connectivity index (χ1) is 11.8. The molecule has 1 aromatic heterocycles. The Balaban J connectivity index is 1.53. The van der Waals surface area contributed by atoms with Crippen LogP contribution in [0.15, 0.2) is 60.9 Å². The van der Waals surface area contributed by atoms with Crippen LogP contribution in [0.25, 0.3) is 21.9 Å². The highest BCUT2D eigenvalue weighted by Crippen LogP contribution is 2.25. The Bertz CT molecular complexity index is 826. The topological polar surface area (TPSA) is 16.1 Å². The summed E-state index contributed by atoms with van der Waals surface area (Å²) < 4.78 is 0. The quantitative estimate of drug-likeness (QED) is 0.678. The van der Waals surface area contributed by atoms with Gasteiger partial charge in [0.2, 0.25) is 0 Å². The summed E-state index contributed by atoms with van der Waals surface area (Å²) in [6, 6.07) is 18.5. The molecule has 0 radical (unpaired) electrons. The molecule has 0 aliphatic carbocycles. The molecule has 1 atom stereocenters. The summed E-state index contributed by atoms with van der Waals surface area (Å²) in [4.78, 5) is 6.72. The maximum atomic E-state index is 4.10. The molecule has 0 saturated carbocycles. The van der Waals surface area contributed by atoms with Gasteiger partial charge in [0.1, 0.15) is 0 Å². The first-order valence-electron chi connectivity index (χ1n) is 8.97. The third-order valence-corrected chi connectivity index (χ3v) is 5.30. The molecule has 2 aromatic carbocycles. The monoisotopic (exact) mass is 316 g/mol. The molecule has 24 heavy (non-hydrogen) atoms. The lowest BCUT2D eigenvalue weighted by Crippen LogP contribution is -2.28. The summed E-state index contributed by atoms with van der Waals surface area (Å²) >= 11 is 0. The van der Waals surface area contributed by atoms with Crippen LogP contribution in [-0.2, 0) is 6.42 Å². The summed E-state index contributed by atoms with van der Waals surface area (Å²) in [6.07, 6.45) is 7.56.